The van der Waals surface area contributed by atoms with E-state index in [0.717, 1.165) is 0 Å². The van der Waals surface area contributed by atoms with Crippen LogP contribution in [0.2, 0.25) is 0 Å². The zero-order valence-electron chi connectivity index (χ0n) is 12.5. The summed E-state index contributed by atoms with van der Waals surface area (Å²) in [5, 5.41) is 2.60. The lowest BCUT2D eigenvalue weighted by molar-refractivity contribution is 1.23. The molecule has 1 heterocycles. The van der Waals surface area contributed by atoms with Crippen LogP contribution >= 0.6 is 0 Å². The lowest BCUT2D eigenvalue weighted by Crippen LogP contribution is -1.93. The molecule has 3 rings (SSSR count). The number of para-hydroxylation sites is 2. The minimum absolute atomic E-state index is 1.19. The van der Waals surface area contributed by atoms with E-state index in [4.69, 9.17) is 0 Å². The largest absolute Gasteiger partial charge is 0.310 e. The molecule has 1 aromatic heterocycles. The van der Waals surface area contributed by atoms with Gasteiger partial charge in [-0.25, -0.2) is 0 Å². The fraction of sp³-hybridized carbons (Fsp3) is 0.100. The second-order valence-corrected chi connectivity index (χ2v) is 4.97. The monoisotopic (exact) mass is 273 g/mol. The molecule has 0 saturated carbocycles. The standard InChI is InChI=1S/C20H19N/c1-3-5-6-11-16(4-2)21-19-14-9-7-12-17(19)18-13-8-10-15-20(18)21/h3-15H,1-2H3/b5-3-,11-6-,16-4+. The van der Waals surface area contributed by atoms with Crippen molar-refractivity contribution in [1.29, 1.82) is 0 Å². The van der Waals surface area contributed by atoms with Gasteiger partial charge in [0.15, 0.2) is 0 Å². The van der Waals surface area contributed by atoms with Crippen molar-refractivity contribution >= 4 is 27.5 Å². The SMILES string of the molecule is C\C=C/C=C\C(=C/C)n1c2ccccc2c2ccccc21. The third kappa shape index (κ3) is 2.31. The van der Waals surface area contributed by atoms with Gasteiger partial charge in [-0.1, -0.05) is 60.7 Å². The topological polar surface area (TPSA) is 4.93 Å². The van der Waals surface area contributed by atoms with Crippen LogP contribution < -0.4 is 0 Å². The predicted molar refractivity (Wildman–Crippen MR) is 93.3 cm³/mol. The molecule has 2 aromatic carbocycles. The molecule has 1 heteroatoms. The zero-order chi connectivity index (χ0) is 14.7. The summed E-state index contributed by atoms with van der Waals surface area (Å²) in [6, 6.07) is 17.1. The molecular weight excluding hydrogens is 254 g/mol. The molecule has 0 amide bonds. The van der Waals surface area contributed by atoms with E-state index in [1.54, 1.807) is 0 Å². The minimum Gasteiger partial charge on any atom is -0.310 e. The lowest BCUT2D eigenvalue weighted by atomic mass is 10.2. The fourth-order valence-corrected chi connectivity index (χ4v) is 2.77. The highest BCUT2D eigenvalue weighted by molar-refractivity contribution is 6.10. The van der Waals surface area contributed by atoms with Gasteiger partial charge in [-0.2, -0.15) is 0 Å². The number of hydrogen-bond donors (Lipinski definition) is 0. The van der Waals surface area contributed by atoms with Crippen LogP contribution in [0.3, 0.4) is 0 Å². The second-order valence-electron chi connectivity index (χ2n) is 4.97. The molecule has 0 atom stereocenters. The summed E-state index contributed by atoms with van der Waals surface area (Å²) < 4.78 is 2.32. The Balaban J connectivity index is 2.33. The molecule has 1 nitrogen and oxygen atoms in total. The number of hydrogen-bond acceptors (Lipinski definition) is 0. The molecule has 0 aliphatic rings. The van der Waals surface area contributed by atoms with E-state index in [1.807, 2.05) is 13.0 Å². The van der Waals surface area contributed by atoms with Crippen molar-refractivity contribution in [2.45, 2.75) is 13.8 Å². The maximum Gasteiger partial charge on any atom is 0.0540 e. The molecular formula is C20H19N. The molecule has 0 aliphatic carbocycles. The third-order valence-electron chi connectivity index (χ3n) is 3.70. The Labute approximate surface area is 125 Å². The molecule has 0 spiro atoms. The summed E-state index contributed by atoms with van der Waals surface area (Å²) in [5.74, 6) is 0. The van der Waals surface area contributed by atoms with Crippen LogP contribution in [0.25, 0.3) is 27.5 Å². The van der Waals surface area contributed by atoms with Gasteiger partial charge < -0.3 is 4.57 Å². The Morgan fingerprint density at radius 3 is 1.90 bits per heavy atom. The van der Waals surface area contributed by atoms with Crippen molar-refractivity contribution in [3.8, 4) is 0 Å². The molecule has 0 radical (unpaired) electrons. The fourth-order valence-electron chi connectivity index (χ4n) is 2.77. The van der Waals surface area contributed by atoms with E-state index in [-0.39, 0.29) is 0 Å². The Kier molecular flexibility index (Phi) is 3.74. The van der Waals surface area contributed by atoms with Gasteiger partial charge in [0.25, 0.3) is 0 Å². The van der Waals surface area contributed by atoms with Crippen LogP contribution in [0.15, 0.2) is 78.9 Å². The molecule has 21 heavy (non-hydrogen) atoms. The minimum atomic E-state index is 1.19. The first kappa shape index (κ1) is 13.4. The smallest absolute Gasteiger partial charge is 0.0540 e. The summed E-state index contributed by atoms with van der Waals surface area (Å²) in [7, 11) is 0. The maximum atomic E-state index is 2.32. The predicted octanol–water partition coefficient (Wildman–Crippen LogP) is 5.79. The Morgan fingerprint density at radius 1 is 0.810 bits per heavy atom. The van der Waals surface area contributed by atoms with Crippen LogP contribution in [0.4, 0.5) is 0 Å². The average Bonchev–Trinajstić information content (AvgIpc) is 2.87. The first-order chi connectivity index (χ1) is 10.4. The van der Waals surface area contributed by atoms with Crippen molar-refractivity contribution in [2.75, 3.05) is 0 Å². The summed E-state index contributed by atoms with van der Waals surface area (Å²) in [6.07, 6.45) is 10.5. The Hall–Kier alpha value is -2.54. The number of aromatic nitrogens is 1. The van der Waals surface area contributed by atoms with Crippen molar-refractivity contribution in [1.82, 2.24) is 4.57 Å². The summed E-state index contributed by atoms with van der Waals surface area (Å²) >= 11 is 0. The number of nitrogens with zero attached hydrogens (tertiary/aromatic N) is 1. The van der Waals surface area contributed by atoms with Crippen molar-refractivity contribution in [3.63, 3.8) is 0 Å². The molecule has 0 saturated heterocycles. The van der Waals surface area contributed by atoms with Gasteiger partial charge in [0.05, 0.1) is 11.0 Å². The number of rotatable bonds is 3. The highest BCUT2D eigenvalue weighted by atomic mass is 15.0. The molecule has 0 N–H and O–H groups in total. The lowest BCUT2D eigenvalue weighted by Gasteiger charge is -2.08. The van der Waals surface area contributed by atoms with Crippen molar-refractivity contribution in [2.24, 2.45) is 0 Å². The van der Waals surface area contributed by atoms with Gasteiger partial charge in [0.1, 0.15) is 0 Å². The van der Waals surface area contributed by atoms with Crippen LogP contribution in [0.1, 0.15) is 13.8 Å². The number of allylic oxidation sites excluding steroid dienone is 6. The average molecular weight is 273 g/mol. The van der Waals surface area contributed by atoms with E-state index in [0.29, 0.717) is 0 Å². The summed E-state index contributed by atoms with van der Waals surface area (Å²) in [4.78, 5) is 0. The molecule has 104 valence electrons. The first-order valence-corrected chi connectivity index (χ1v) is 7.31. The first-order valence-electron chi connectivity index (χ1n) is 7.31. The van der Waals surface area contributed by atoms with E-state index < -0.39 is 0 Å². The Bertz CT molecular complexity index is 807. The summed E-state index contributed by atoms with van der Waals surface area (Å²) in [5.41, 5.74) is 3.68. The van der Waals surface area contributed by atoms with Crippen LogP contribution in [0.5, 0.6) is 0 Å². The number of benzene rings is 2. The van der Waals surface area contributed by atoms with Gasteiger partial charge in [-0.15, -0.1) is 0 Å². The normalized spacial score (nSPS) is 13.1. The van der Waals surface area contributed by atoms with Crippen molar-refractivity contribution in [3.05, 3.63) is 78.9 Å². The third-order valence-corrected chi connectivity index (χ3v) is 3.70. The molecule has 0 unspecified atom stereocenters. The van der Waals surface area contributed by atoms with Gasteiger partial charge in [-0.05, 0) is 32.1 Å². The Morgan fingerprint density at radius 2 is 1.38 bits per heavy atom. The zero-order valence-corrected chi connectivity index (χ0v) is 12.5. The van der Waals surface area contributed by atoms with Gasteiger partial charge in [0, 0.05) is 16.5 Å². The highest BCUT2D eigenvalue weighted by Gasteiger charge is 2.10. The van der Waals surface area contributed by atoms with Gasteiger partial charge in [0.2, 0.25) is 0 Å². The highest BCUT2D eigenvalue weighted by Crippen LogP contribution is 2.31. The van der Waals surface area contributed by atoms with Gasteiger partial charge >= 0.3 is 0 Å². The summed E-state index contributed by atoms with van der Waals surface area (Å²) in [6.45, 7) is 4.11. The molecule has 0 fully saturated rings. The molecule has 0 aliphatic heterocycles. The quantitative estimate of drug-likeness (QED) is 0.532. The van der Waals surface area contributed by atoms with E-state index in [1.165, 1.54) is 27.5 Å². The second kappa shape index (κ2) is 5.84. The number of fused-ring (bicyclic) bond motifs is 3. The molecule has 0 bridgehead atoms. The molecule has 3 aromatic rings. The van der Waals surface area contributed by atoms with E-state index in [2.05, 4.69) is 84.3 Å². The van der Waals surface area contributed by atoms with Gasteiger partial charge in [-0.3, -0.25) is 0 Å². The van der Waals surface area contributed by atoms with E-state index in [9.17, 15) is 0 Å². The van der Waals surface area contributed by atoms with Crippen LogP contribution in [-0.2, 0) is 0 Å². The van der Waals surface area contributed by atoms with Crippen molar-refractivity contribution < 1.29 is 0 Å². The van der Waals surface area contributed by atoms with E-state index >= 15 is 0 Å². The maximum absolute atomic E-state index is 2.32. The van der Waals surface area contributed by atoms with Crippen LogP contribution in [-0.4, -0.2) is 4.57 Å². The van der Waals surface area contributed by atoms with Crippen LogP contribution in [0, 0.1) is 0 Å².